The van der Waals surface area contributed by atoms with Crippen molar-refractivity contribution < 1.29 is 4.74 Å². The van der Waals surface area contributed by atoms with E-state index in [1.165, 1.54) is 5.56 Å². The number of hydrogen-bond donors (Lipinski definition) is 1. The van der Waals surface area contributed by atoms with Crippen LogP contribution < -0.4 is 10.5 Å². The standard InChI is InChI=1S/C13H16BrN3O/c1-17-13(18-2)8-12(16-17)11(15)7-9-4-3-5-10(14)6-9/h3-6,8,11H,7,15H2,1-2H3. The van der Waals surface area contributed by atoms with Gasteiger partial charge in [0.05, 0.1) is 18.8 Å². The van der Waals surface area contributed by atoms with E-state index in [4.69, 9.17) is 10.5 Å². The molecule has 0 saturated carbocycles. The molecule has 0 aliphatic carbocycles. The summed E-state index contributed by atoms with van der Waals surface area (Å²) in [7, 11) is 3.47. The normalized spacial score (nSPS) is 12.4. The number of methoxy groups -OCH3 is 1. The number of rotatable bonds is 4. The van der Waals surface area contributed by atoms with Gasteiger partial charge in [-0.3, -0.25) is 0 Å². The van der Waals surface area contributed by atoms with Gasteiger partial charge in [0.15, 0.2) is 0 Å². The highest BCUT2D eigenvalue weighted by Crippen LogP contribution is 2.21. The van der Waals surface area contributed by atoms with Crippen LogP contribution in [0.5, 0.6) is 5.88 Å². The highest BCUT2D eigenvalue weighted by molar-refractivity contribution is 9.10. The van der Waals surface area contributed by atoms with E-state index in [0.717, 1.165) is 22.5 Å². The molecule has 0 bridgehead atoms. The molecule has 5 heteroatoms. The molecular weight excluding hydrogens is 294 g/mol. The van der Waals surface area contributed by atoms with Crippen LogP contribution in [0.25, 0.3) is 0 Å². The molecule has 1 aromatic heterocycles. The molecule has 2 rings (SSSR count). The first-order valence-electron chi connectivity index (χ1n) is 5.68. The van der Waals surface area contributed by atoms with E-state index in [1.807, 2.05) is 25.2 Å². The van der Waals surface area contributed by atoms with Gasteiger partial charge in [0.25, 0.3) is 0 Å². The number of nitrogens with zero attached hydrogens (tertiary/aromatic N) is 2. The highest BCUT2D eigenvalue weighted by atomic mass is 79.9. The summed E-state index contributed by atoms with van der Waals surface area (Å²) < 4.78 is 7.93. The predicted octanol–water partition coefficient (Wildman–Crippen LogP) is 2.43. The zero-order valence-corrected chi connectivity index (χ0v) is 12.0. The maximum absolute atomic E-state index is 6.17. The Kier molecular flexibility index (Phi) is 4.04. The van der Waals surface area contributed by atoms with E-state index in [9.17, 15) is 0 Å². The fourth-order valence-corrected chi connectivity index (χ4v) is 2.31. The van der Waals surface area contributed by atoms with E-state index < -0.39 is 0 Å². The molecule has 0 saturated heterocycles. The van der Waals surface area contributed by atoms with Crippen LogP contribution >= 0.6 is 15.9 Å². The van der Waals surface area contributed by atoms with Crippen LogP contribution in [0.1, 0.15) is 17.3 Å². The summed E-state index contributed by atoms with van der Waals surface area (Å²) in [5.74, 6) is 0.717. The van der Waals surface area contributed by atoms with Crippen molar-refractivity contribution in [1.82, 2.24) is 9.78 Å². The molecule has 96 valence electrons. The number of benzene rings is 1. The summed E-state index contributed by atoms with van der Waals surface area (Å²) in [6.07, 6.45) is 0.750. The van der Waals surface area contributed by atoms with E-state index in [-0.39, 0.29) is 6.04 Å². The predicted molar refractivity (Wildman–Crippen MR) is 74.5 cm³/mol. The van der Waals surface area contributed by atoms with Crippen molar-refractivity contribution in [1.29, 1.82) is 0 Å². The third-order valence-electron chi connectivity index (χ3n) is 2.79. The van der Waals surface area contributed by atoms with Crippen molar-refractivity contribution in [3.05, 3.63) is 46.1 Å². The molecule has 1 heterocycles. The first-order chi connectivity index (χ1) is 8.60. The summed E-state index contributed by atoms with van der Waals surface area (Å²) in [5, 5.41) is 4.35. The molecule has 0 aliphatic rings. The zero-order chi connectivity index (χ0) is 13.1. The second-order valence-electron chi connectivity index (χ2n) is 4.18. The lowest BCUT2D eigenvalue weighted by Gasteiger charge is -2.08. The Balaban J connectivity index is 2.13. The molecule has 1 atom stereocenters. The lowest BCUT2D eigenvalue weighted by atomic mass is 10.0. The molecule has 1 unspecified atom stereocenters. The van der Waals surface area contributed by atoms with Gasteiger partial charge in [-0.2, -0.15) is 5.10 Å². The lowest BCUT2D eigenvalue weighted by Crippen LogP contribution is -2.14. The van der Waals surface area contributed by atoms with Gasteiger partial charge in [-0.05, 0) is 24.1 Å². The first-order valence-corrected chi connectivity index (χ1v) is 6.47. The minimum absolute atomic E-state index is 0.130. The fourth-order valence-electron chi connectivity index (χ4n) is 1.87. The Hall–Kier alpha value is -1.33. The maximum atomic E-state index is 6.17. The topological polar surface area (TPSA) is 53.1 Å². The highest BCUT2D eigenvalue weighted by Gasteiger charge is 2.13. The third-order valence-corrected chi connectivity index (χ3v) is 3.28. The number of aromatic nitrogens is 2. The largest absolute Gasteiger partial charge is 0.481 e. The van der Waals surface area contributed by atoms with Gasteiger partial charge in [-0.15, -0.1) is 0 Å². The molecule has 0 spiro atoms. The molecule has 2 N–H and O–H groups in total. The Labute approximate surface area is 115 Å². The molecule has 1 aromatic carbocycles. The van der Waals surface area contributed by atoms with Crippen LogP contribution in [0.15, 0.2) is 34.8 Å². The van der Waals surface area contributed by atoms with Crippen molar-refractivity contribution >= 4 is 15.9 Å². The maximum Gasteiger partial charge on any atom is 0.211 e. The monoisotopic (exact) mass is 309 g/mol. The Morgan fingerprint density at radius 3 is 2.83 bits per heavy atom. The second kappa shape index (κ2) is 5.54. The Morgan fingerprint density at radius 2 is 2.22 bits per heavy atom. The number of nitrogens with two attached hydrogens (primary N) is 1. The SMILES string of the molecule is COc1cc(C(N)Cc2cccc(Br)c2)nn1C. The second-order valence-corrected chi connectivity index (χ2v) is 5.09. The number of hydrogen-bond acceptors (Lipinski definition) is 3. The van der Waals surface area contributed by atoms with E-state index in [0.29, 0.717) is 0 Å². The van der Waals surface area contributed by atoms with Crippen LogP contribution in [0.4, 0.5) is 0 Å². The smallest absolute Gasteiger partial charge is 0.211 e. The minimum Gasteiger partial charge on any atom is -0.481 e. The van der Waals surface area contributed by atoms with Crippen LogP contribution in [0.2, 0.25) is 0 Å². The third kappa shape index (κ3) is 2.91. The van der Waals surface area contributed by atoms with E-state index >= 15 is 0 Å². The average Bonchev–Trinajstić information content (AvgIpc) is 2.70. The van der Waals surface area contributed by atoms with Crippen molar-refractivity contribution in [2.75, 3.05) is 7.11 Å². The molecule has 0 radical (unpaired) electrons. The molecule has 18 heavy (non-hydrogen) atoms. The molecule has 0 amide bonds. The van der Waals surface area contributed by atoms with E-state index in [1.54, 1.807) is 11.8 Å². The molecule has 4 nitrogen and oxygen atoms in total. The Morgan fingerprint density at radius 1 is 1.44 bits per heavy atom. The first kappa shape index (κ1) is 13.1. The fraction of sp³-hybridized carbons (Fsp3) is 0.308. The average molecular weight is 310 g/mol. The summed E-state index contributed by atoms with van der Waals surface area (Å²) in [6.45, 7) is 0. The van der Waals surface area contributed by atoms with Crippen molar-refractivity contribution in [2.24, 2.45) is 12.8 Å². The number of halogens is 1. The van der Waals surface area contributed by atoms with Gasteiger partial charge in [0, 0.05) is 17.6 Å². The summed E-state index contributed by atoms with van der Waals surface area (Å²) >= 11 is 3.45. The van der Waals surface area contributed by atoms with Crippen molar-refractivity contribution in [2.45, 2.75) is 12.5 Å². The van der Waals surface area contributed by atoms with Crippen LogP contribution in [0.3, 0.4) is 0 Å². The van der Waals surface area contributed by atoms with Crippen LogP contribution in [-0.2, 0) is 13.5 Å². The quantitative estimate of drug-likeness (QED) is 0.943. The van der Waals surface area contributed by atoms with Gasteiger partial charge in [-0.25, -0.2) is 4.68 Å². The zero-order valence-electron chi connectivity index (χ0n) is 10.4. The number of ether oxygens (including phenoxy) is 1. The van der Waals surface area contributed by atoms with Crippen molar-refractivity contribution in [3.63, 3.8) is 0 Å². The van der Waals surface area contributed by atoms with Crippen LogP contribution in [-0.4, -0.2) is 16.9 Å². The summed E-state index contributed by atoms with van der Waals surface area (Å²) in [4.78, 5) is 0. The molecule has 2 aromatic rings. The van der Waals surface area contributed by atoms with Crippen molar-refractivity contribution in [3.8, 4) is 5.88 Å². The summed E-state index contributed by atoms with van der Waals surface area (Å²) in [5.41, 5.74) is 8.19. The molecular formula is C13H16BrN3O. The van der Waals surface area contributed by atoms with Gasteiger partial charge < -0.3 is 10.5 Å². The van der Waals surface area contributed by atoms with Crippen LogP contribution in [0, 0.1) is 0 Å². The Bertz CT molecular complexity index is 539. The van der Waals surface area contributed by atoms with Gasteiger partial charge in [-0.1, -0.05) is 28.1 Å². The lowest BCUT2D eigenvalue weighted by molar-refractivity contribution is 0.373. The summed E-state index contributed by atoms with van der Waals surface area (Å²) in [6, 6.07) is 9.88. The minimum atomic E-state index is -0.130. The number of aryl methyl sites for hydroxylation is 1. The van der Waals surface area contributed by atoms with Gasteiger partial charge in [0.1, 0.15) is 0 Å². The van der Waals surface area contributed by atoms with Gasteiger partial charge in [0.2, 0.25) is 5.88 Å². The molecule has 0 aliphatic heterocycles. The van der Waals surface area contributed by atoms with E-state index in [2.05, 4.69) is 33.2 Å². The molecule has 0 fully saturated rings. The van der Waals surface area contributed by atoms with Gasteiger partial charge >= 0.3 is 0 Å².